The summed E-state index contributed by atoms with van der Waals surface area (Å²) in [6.07, 6.45) is 1.73. The standard InChI is InChI=1S/C10H15N3O/c1-4-10(2,3)5-8-13-7(6-11)9(12)14-8/h4-5,12H2,1-3H3. The Morgan fingerprint density at radius 2 is 2.21 bits per heavy atom. The summed E-state index contributed by atoms with van der Waals surface area (Å²) in [5.74, 6) is 0.667. The molecule has 2 N–H and O–H groups in total. The lowest BCUT2D eigenvalue weighted by molar-refractivity contribution is 0.313. The molecule has 4 nitrogen and oxygen atoms in total. The zero-order chi connectivity index (χ0) is 10.8. The number of oxazole rings is 1. The third-order valence-corrected chi connectivity index (χ3v) is 2.39. The molecule has 0 saturated heterocycles. The molecule has 0 saturated carbocycles. The van der Waals surface area contributed by atoms with Gasteiger partial charge in [0.15, 0.2) is 5.89 Å². The number of rotatable bonds is 3. The zero-order valence-electron chi connectivity index (χ0n) is 8.79. The topological polar surface area (TPSA) is 75.8 Å². The molecule has 1 aromatic heterocycles. The Kier molecular flexibility index (Phi) is 2.80. The highest BCUT2D eigenvalue weighted by atomic mass is 16.4. The minimum Gasteiger partial charge on any atom is -0.424 e. The van der Waals surface area contributed by atoms with E-state index in [4.69, 9.17) is 15.4 Å². The van der Waals surface area contributed by atoms with Crippen molar-refractivity contribution in [2.24, 2.45) is 5.41 Å². The van der Waals surface area contributed by atoms with Crippen LogP contribution in [0.5, 0.6) is 0 Å². The van der Waals surface area contributed by atoms with Crippen LogP contribution in [0.25, 0.3) is 0 Å². The van der Waals surface area contributed by atoms with Gasteiger partial charge in [-0.2, -0.15) is 5.26 Å². The minimum absolute atomic E-state index is 0.120. The summed E-state index contributed by atoms with van der Waals surface area (Å²) in [5, 5.41) is 8.63. The van der Waals surface area contributed by atoms with Crippen LogP contribution in [0, 0.1) is 16.7 Å². The molecule has 0 bridgehead atoms. The zero-order valence-corrected chi connectivity index (χ0v) is 8.79. The van der Waals surface area contributed by atoms with Gasteiger partial charge in [0.05, 0.1) is 0 Å². The molecule has 0 aromatic carbocycles. The van der Waals surface area contributed by atoms with Crippen molar-refractivity contribution in [2.75, 3.05) is 5.73 Å². The lowest BCUT2D eigenvalue weighted by atomic mass is 9.87. The summed E-state index contributed by atoms with van der Waals surface area (Å²) in [7, 11) is 0. The quantitative estimate of drug-likeness (QED) is 0.797. The number of nitrogens with zero attached hydrogens (tertiary/aromatic N) is 2. The van der Waals surface area contributed by atoms with Crippen LogP contribution in [0.15, 0.2) is 4.42 Å². The first-order valence-electron chi connectivity index (χ1n) is 4.64. The van der Waals surface area contributed by atoms with Crippen LogP contribution in [0.3, 0.4) is 0 Å². The lowest BCUT2D eigenvalue weighted by Crippen LogP contribution is -2.13. The van der Waals surface area contributed by atoms with E-state index in [0.29, 0.717) is 12.3 Å². The SMILES string of the molecule is CCC(C)(C)Cc1nc(C#N)c(N)o1. The van der Waals surface area contributed by atoms with Crippen LogP contribution < -0.4 is 5.73 Å². The molecule has 1 aromatic rings. The smallest absolute Gasteiger partial charge is 0.229 e. The third-order valence-electron chi connectivity index (χ3n) is 2.39. The predicted octanol–water partition coefficient (Wildman–Crippen LogP) is 2.11. The van der Waals surface area contributed by atoms with Gasteiger partial charge in [0.1, 0.15) is 6.07 Å². The maximum Gasteiger partial charge on any atom is 0.229 e. The molecule has 14 heavy (non-hydrogen) atoms. The van der Waals surface area contributed by atoms with E-state index in [0.717, 1.165) is 6.42 Å². The summed E-state index contributed by atoms with van der Waals surface area (Å²) in [4.78, 5) is 4.01. The van der Waals surface area contributed by atoms with Gasteiger partial charge in [-0.1, -0.05) is 27.2 Å². The second kappa shape index (κ2) is 3.70. The first-order valence-corrected chi connectivity index (χ1v) is 4.64. The molecule has 0 atom stereocenters. The van der Waals surface area contributed by atoms with Crippen LogP contribution in [0.1, 0.15) is 38.8 Å². The monoisotopic (exact) mass is 193 g/mol. The maximum absolute atomic E-state index is 8.63. The minimum atomic E-state index is 0.120. The third kappa shape index (κ3) is 2.25. The first kappa shape index (κ1) is 10.6. The Balaban J connectivity index is 2.84. The van der Waals surface area contributed by atoms with E-state index in [1.54, 1.807) is 0 Å². The molecule has 0 spiro atoms. The van der Waals surface area contributed by atoms with Crippen molar-refractivity contribution in [1.82, 2.24) is 4.98 Å². The fourth-order valence-electron chi connectivity index (χ4n) is 1.07. The molecule has 0 aliphatic heterocycles. The highest BCUT2D eigenvalue weighted by molar-refractivity contribution is 5.40. The van der Waals surface area contributed by atoms with Crippen molar-refractivity contribution in [2.45, 2.75) is 33.6 Å². The van der Waals surface area contributed by atoms with Crippen molar-refractivity contribution < 1.29 is 4.42 Å². The molecular formula is C10H15N3O. The van der Waals surface area contributed by atoms with Gasteiger partial charge in [-0.15, -0.1) is 0 Å². The summed E-state index contributed by atoms with van der Waals surface area (Å²) in [6, 6.07) is 1.89. The van der Waals surface area contributed by atoms with Gasteiger partial charge < -0.3 is 10.2 Å². The van der Waals surface area contributed by atoms with Crippen LogP contribution in [0.2, 0.25) is 0 Å². The number of nitrogens with two attached hydrogens (primary N) is 1. The van der Waals surface area contributed by atoms with E-state index in [2.05, 4.69) is 25.8 Å². The first-order chi connectivity index (χ1) is 6.48. The van der Waals surface area contributed by atoms with Gasteiger partial charge in [0.25, 0.3) is 0 Å². The fraction of sp³-hybridized carbons (Fsp3) is 0.600. The van der Waals surface area contributed by atoms with Crippen LogP contribution in [0.4, 0.5) is 5.88 Å². The molecule has 0 radical (unpaired) electrons. The Bertz CT molecular complexity index is 360. The van der Waals surface area contributed by atoms with Crippen molar-refractivity contribution in [3.8, 4) is 6.07 Å². The van der Waals surface area contributed by atoms with Gasteiger partial charge in [-0.3, -0.25) is 0 Å². The molecule has 0 amide bonds. The molecule has 76 valence electrons. The van der Waals surface area contributed by atoms with E-state index < -0.39 is 0 Å². The van der Waals surface area contributed by atoms with E-state index >= 15 is 0 Å². The Labute approximate surface area is 83.7 Å². The average Bonchev–Trinajstić information content (AvgIpc) is 2.45. The van der Waals surface area contributed by atoms with E-state index in [1.165, 1.54) is 0 Å². The number of hydrogen-bond acceptors (Lipinski definition) is 4. The van der Waals surface area contributed by atoms with Gasteiger partial charge in [0.2, 0.25) is 11.6 Å². The van der Waals surface area contributed by atoms with E-state index in [9.17, 15) is 0 Å². The van der Waals surface area contributed by atoms with Gasteiger partial charge in [-0.25, -0.2) is 4.98 Å². The maximum atomic E-state index is 8.63. The number of anilines is 1. The number of aromatic nitrogens is 1. The van der Waals surface area contributed by atoms with Crippen LogP contribution in [-0.2, 0) is 6.42 Å². The van der Waals surface area contributed by atoms with Gasteiger partial charge in [0, 0.05) is 6.42 Å². The van der Waals surface area contributed by atoms with Crippen LogP contribution >= 0.6 is 0 Å². The van der Waals surface area contributed by atoms with E-state index in [1.807, 2.05) is 6.07 Å². The lowest BCUT2D eigenvalue weighted by Gasteiger charge is -2.19. The summed E-state index contributed by atoms with van der Waals surface area (Å²) in [5.41, 5.74) is 5.78. The highest BCUT2D eigenvalue weighted by Crippen LogP contribution is 2.26. The molecule has 0 unspecified atom stereocenters. The fourth-order valence-corrected chi connectivity index (χ4v) is 1.07. The van der Waals surface area contributed by atoms with Gasteiger partial charge in [-0.05, 0) is 5.41 Å². The molecule has 1 heterocycles. The van der Waals surface area contributed by atoms with Gasteiger partial charge >= 0.3 is 0 Å². The molecule has 0 aliphatic carbocycles. The Morgan fingerprint density at radius 3 is 2.64 bits per heavy atom. The number of hydrogen-bond donors (Lipinski definition) is 1. The summed E-state index contributed by atoms with van der Waals surface area (Å²) < 4.78 is 5.19. The van der Waals surface area contributed by atoms with Crippen LogP contribution in [-0.4, -0.2) is 4.98 Å². The second-order valence-corrected chi connectivity index (χ2v) is 4.13. The largest absolute Gasteiger partial charge is 0.424 e. The normalized spacial score (nSPS) is 11.3. The predicted molar refractivity (Wildman–Crippen MR) is 53.4 cm³/mol. The Hall–Kier alpha value is -1.50. The van der Waals surface area contributed by atoms with E-state index in [-0.39, 0.29) is 17.0 Å². The molecule has 0 aliphatic rings. The number of nitriles is 1. The highest BCUT2D eigenvalue weighted by Gasteiger charge is 2.20. The average molecular weight is 193 g/mol. The number of nitrogen functional groups attached to an aromatic ring is 1. The molecule has 0 fully saturated rings. The second-order valence-electron chi connectivity index (χ2n) is 4.13. The summed E-state index contributed by atoms with van der Waals surface area (Å²) in [6.45, 7) is 6.36. The van der Waals surface area contributed by atoms with Crippen molar-refractivity contribution in [3.05, 3.63) is 11.6 Å². The molecule has 4 heteroatoms. The Morgan fingerprint density at radius 1 is 1.57 bits per heavy atom. The van der Waals surface area contributed by atoms with Crippen molar-refractivity contribution in [3.63, 3.8) is 0 Å². The molecule has 1 rings (SSSR count). The van der Waals surface area contributed by atoms with Crippen molar-refractivity contribution >= 4 is 5.88 Å². The molecular weight excluding hydrogens is 178 g/mol. The van der Waals surface area contributed by atoms with Crippen molar-refractivity contribution in [1.29, 1.82) is 5.26 Å². The summed E-state index contributed by atoms with van der Waals surface area (Å²) >= 11 is 0.